The van der Waals surface area contributed by atoms with E-state index in [4.69, 9.17) is 4.74 Å². The van der Waals surface area contributed by atoms with Crippen LogP contribution in [0.25, 0.3) is 11.3 Å². The minimum atomic E-state index is -0.186. The van der Waals surface area contributed by atoms with E-state index in [1.165, 1.54) is 22.1 Å². The molecule has 0 radical (unpaired) electrons. The largest absolute Gasteiger partial charge is 0.496 e. The third-order valence-electron chi connectivity index (χ3n) is 4.35. The molecule has 8 heteroatoms. The van der Waals surface area contributed by atoms with Crippen LogP contribution in [0, 0.1) is 0 Å². The van der Waals surface area contributed by atoms with Crippen molar-refractivity contribution >= 4 is 17.2 Å². The molecule has 7 nitrogen and oxygen atoms in total. The fraction of sp³-hybridized carbons (Fsp3) is 0.222. The Morgan fingerprint density at radius 1 is 1.23 bits per heavy atom. The maximum absolute atomic E-state index is 12.3. The number of hydrogen-bond acceptors (Lipinski definition) is 6. The summed E-state index contributed by atoms with van der Waals surface area (Å²) >= 11 is 1.38. The van der Waals surface area contributed by atoms with E-state index in [0.717, 1.165) is 5.56 Å². The second-order valence-corrected chi connectivity index (χ2v) is 6.66. The fourth-order valence-electron chi connectivity index (χ4n) is 2.94. The zero-order valence-electron chi connectivity index (χ0n) is 14.0. The molecule has 0 aliphatic carbocycles. The molecule has 0 unspecified atom stereocenters. The standard InChI is InChI=1S/C18H16N4O3S/c1-25-16-5-3-2-4-13(16)14-6-7-17(23)22(20-14)12-8-21(9-12)18(24)15-10-26-11-19-15/h2-7,10-12H,8-9H2,1H3. The van der Waals surface area contributed by atoms with Crippen molar-refractivity contribution in [2.24, 2.45) is 0 Å². The second kappa shape index (κ2) is 6.72. The van der Waals surface area contributed by atoms with Gasteiger partial charge in [0.1, 0.15) is 11.4 Å². The van der Waals surface area contributed by atoms with Gasteiger partial charge in [-0.2, -0.15) is 5.10 Å². The molecule has 1 amide bonds. The summed E-state index contributed by atoms with van der Waals surface area (Å²) in [5, 5.41) is 6.23. The van der Waals surface area contributed by atoms with Crippen LogP contribution in [0.5, 0.6) is 5.75 Å². The van der Waals surface area contributed by atoms with Crippen LogP contribution in [0.15, 0.2) is 52.1 Å². The summed E-state index contributed by atoms with van der Waals surface area (Å²) in [6, 6.07) is 10.6. The minimum Gasteiger partial charge on any atom is -0.496 e. The summed E-state index contributed by atoms with van der Waals surface area (Å²) in [5.41, 5.74) is 3.36. The predicted octanol–water partition coefficient (Wildman–Crippen LogP) is 2.07. The first-order valence-corrected chi connectivity index (χ1v) is 9.02. The van der Waals surface area contributed by atoms with E-state index in [0.29, 0.717) is 30.2 Å². The molecule has 1 fully saturated rings. The van der Waals surface area contributed by atoms with Crippen molar-refractivity contribution in [2.45, 2.75) is 6.04 Å². The van der Waals surface area contributed by atoms with E-state index in [2.05, 4.69) is 10.1 Å². The molecule has 3 heterocycles. The number of thiazole rings is 1. The van der Waals surface area contributed by atoms with Gasteiger partial charge in [0, 0.05) is 30.1 Å². The predicted molar refractivity (Wildman–Crippen MR) is 97.5 cm³/mol. The van der Waals surface area contributed by atoms with E-state index >= 15 is 0 Å². The molecule has 0 saturated carbocycles. The van der Waals surface area contributed by atoms with Crippen molar-refractivity contribution in [1.82, 2.24) is 19.7 Å². The topological polar surface area (TPSA) is 77.3 Å². The van der Waals surface area contributed by atoms with Gasteiger partial charge in [-0.25, -0.2) is 9.67 Å². The molecule has 2 aromatic heterocycles. The first-order chi connectivity index (χ1) is 12.7. The number of carbonyl (C=O) groups is 1. The smallest absolute Gasteiger partial charge is 0.273 e. The Labute approximate surface area is 153 Å². The second-order valence-electron chi connectivity index (χ2n) is 5.94. The number of methoxy groups -OCH3 is 1. The van der Waals surface area contributed by atoms with E-state index in [-0.39, 0.29) is 17.5 Å². The lowest BCUT2D eigenvalue weighted by molar-refractivity contribution is 0.0488. The minimum absolute atomic E-state index is 0.114. The van der Waals surface area contributed by atoms with E-state index in [9.17, 15) is 9.59 Å². The first-order valence-electron chi connectivity index (χ1n) is 8.08. The molecule has 1 saturated heterocycles. The van der Waals surface area contributed by atoms with Crippen molar-refractivity contribution in [3.63, 3.8) is 0 Å². The zero-order chi connectivity index (χ0) is 18.1. The van der Waals surface area contributed by atoms with Crippen molar-refractivity contribution < 1.29 is 9.53 Å². The van der Waals surface area contributed by atoms with Crippen LogP contribution in [-0.4, -0.2) is 45.8 Å². The molecule has 1 aliphatic rings. The molecule has 1 aromatic carbocycles. The van der Waals surface area contributed by atoms with Crippen molar-refractivity contribution in [1.29, 1.82) is 0 Å². The number of benzene rings is 1. The van der Waals surface area contributed by atoms with Crippen LogP contribution >= 0.6 is 11.3 Å². The molecule has 0 spiro atoms. The van der Waals surface area contributed by atoms with Crippen LogP contribution in [0.2, 0.25) is 0 Å². The average Bonchev–Trinajstić information content (AvgIpc) is 3.16. The maximum Gasteiger partial charge on any atom is 0.273 e. The van der Waals surface area contributed by atoms with Crippen molar-refractivity contribution in [2.75, 3.05) is 20.2 Å². The first kappa shape index (κ1) is 16.5. The highest BCUT2D eigenvalue weighted by molar-refractivity contribution is 7.07. The molecule has 1 aliphatic heterocycles. The summed E-state index contributed by atoms with van der Waals surface area (Å²) in [6.45, 7) is 0.886. The summed E-state index contributed by atoms with van der Waals surface area (Å²) < 4.78 is 6.83. The molecular formula is C18H16N4O3S. The highest BCUT2D eigenvalue weighted by atomic mass is 32.1. The van der Waals surface area contributed by atoms with E-state index in [1.807, 2.05) is 24.3 Å². The third kappa shape index (κ3) is 2.88. The van der Waals surface area contributed by atoms with Crippen LogP contribution in [0.4, 0.5) is 0 Å². The number of ether oxygens (including phenoxy) is 1. The van der Waals surface area contributed by atoms with Gasteiger partial charge in [-0.3, -0.25) is 9.59 Å². The maximum atomic E-state index is 12.3. The molecule has 0 N–H and O–H groups in total. The quantitative estimate of drug-likeness (QED) is 0.705. The van der Waals surface area contributed by atoms with Crippen LogP contribution in [0.3, 0.4) is 0 Å². The van der Waals surface area contributed by atoms with Crippen molar-refractivity contribution in [3.05, 3.63) is 63.3 Å². The number of hydrogen-bond donors (Lipinski definition) is 0. The van der Waals surface area contributed by atoms with Gasteiger partial charge in [-0.1, -0.05) is 12.1 Å². The zero-order valence-corrected chi connectivity index (χ0v) is 14.8. The Kier molecular flexibility index (Phi) is 4.26. The monoisotopic (exact) mass is 368 g/mol. The molecule has 132 valence electrons. The SMILES string of the molecule is COc1ccccc1-c1ccc(=O)n(C2CN(C(=O)c3cscn3)C2)n1. The summed E-state index contributed by atoms with van der Waals surface area (Å²) in [6.07, 6.45) is 0. The lowest BCUT2D eigenvalue weighted by atomic mass is 10.1. The Hall–Kier alpha value is -3.00. The Morgan fingerprint density at radius 2 is 2.04 bits per heavy atom. The molecule has 0 atom stereocenters. The fourth-order valence-corrected chi connectivity index (χ4v) is 3.47. The number of amides is 1. The van der Waals surface area contributed by atoms with Gasteiger partial charge in [0.15, 0.2) is 0 Å². The average molecular weight is 368 g/mol. The van der Waals surface area contributed by atoms with E-state index in [1.54, 1.807) is 29.0 Å². The van der Waals surface area contributed by atoms with E-state index < -0.39 is 0 Å². The number of nitrogens with zero attached hydrogens (tertiary/aromatic N) is 4. The third-order valence-corrected chi connectivity index (χ3v) is 4.94. The molecule has 0 bridgehead atoms. The Balaban J connectivity index is 1.57. The summed E-state index contributed by atoms with van der Waals surface area (Å²) in [5.74, 6) is 0.579. The highest BCUT2D eigenvalue weighted by Crippen LogP contribution is 2.28. The molecular weight excluding hydrogens is 352 g/mol. The highest BCUT2D eigenvalue weighted by Gasteiger charge is 2.34. The van der Waals surface area contributed by atoms with Crippen LogP contribution in [0.1, 0.15) is 16.5 Å². The number of carbonyl (C=O) groups excluding carboxylic acids is 1. The lowest BCUT2D eigenvalue weighted by Crippen LogP contribution is -2.53. The van der Waals surface area contributed by atoms with Gasteiger partial charge in [-0.05, 0) is 18.2 Å². The normalized spacial score (nSPS) is 14.1. The van der Waals surface area contributed by atoms with Gasteiger partial charge in [0.2, 0.25) is 0 Å². The van der Waals surface area contributed by atoms with Gasteiger partial charge in [0.25, 0.3) is 11.5 Å². The molecule has 4 rings (SSSR count). The summed E-state index contributed by atoms with van der Waals surface area (Å²) in [4.78, 5) is 30.2. The lowest BCUT2D eigenvalue weighted by Gasteiger charge is -2.38. The Bertz CT molecular complexity index is 994. The molecule has 26 heavy (non-hydrogen) atoms. The number of likely N-dealkylation sites (tertiary alicyclic amines) is 1. The van der Waals surface area contributed by atoms with Gasteiger partial charge in [0.05, 0.1) is 24.4 Å². The van der Waals surface area contributed by atoms with Crippen molar-refractivity contribution in [3.8, 4) is 17.0 Å². The Morgan fingerprint density at radius 3 is 2.77 bits per heavy atom. The van der Waals surface area contributed by atoms with Gasteiger partial charge >= 0.3 is 0 Å². The number of rotatable bonds is 4. The van der Waals surface area contributed by atoms with Crippen LogP contribution in [-0.2, 0) is 0 Å². The van der Waals surface area contributed by atoms with Crippen LogP contribution < -0.4 is 10.3 Å². The van der Waals surface area contributed by atoms with Gasteiger partial charge < -0.3 is 9.64 Å². The molecule has 3 aromatic rings. The number of para-hydroxylation sites is 1. The number of aromatic nitrogens is 3. The van der Waals surface area contributed by atoms with Gasteiger partial charge in [-0.15, -0.1) is 11.3 Å². The summed E-state index contributed by atoms with van der Waals surface area (Å²) in [7, 11) is 1.60.